The Kier molecular flexibility index (Phi) is 2.49. The lowest BCUT2D eigenvalue weighted by Crippen LogP contribution is -2.44. The van der Waals surface area contributed by atoms with Crippen LogP contribution >= 0.6 is 0 Å². The molecule has 1 saturated carbocycles. The molecule has 0 radical (unpaired) electrons. The first-order valence-electron chi connectivity index (χ1n) is 6.24. The molecule has 1 atom stereocenters. The van der Waals surface area contributed by atoms with Gasteiger partial charge in [-0.1, -0.05) is 30.7 Å². The average molecular weight is 201 g/mol. The van der Waals surface area contributed by atoms with E-state index in [-0.39, 0.29) is 0 Å². The Labute approximate surface area is 91.9 Å². The highest BCUT2D eigenvalue weighted by Crippen LogP contribution is 2.24. The van der Waals surface area contributed by atoms with E-state index in [4.69, 9.17) is 0 Å². The zero-order valence-corrected chi connectivity index (χ0v) is 9.21. The number of fused-ring (bicyclic) bond motifs is 1. The molecule has 0 bridgehead atoms. The summed E-state index contributed by atoms with van der Waals surface area (Å²) in [4.78, 5) is 0. The van der Waals surface area contributed by atoms with Crippen LogP contribution in [0.25, 0.3) is 0 Å². The quantitative estimate of drug-likeness (QED) is 0.775. The van der Waals surface area contributed by atoms with Gasteiger partial charge in [0.25, 0.3) is 0 Å². The highest BCUT2D eigenvalue weighted by Gasteiger charge is 2.23. The number of nitrogens with one attached hydrogen (secondary N) is 1. The van der Waals surface area contributed by atoms with Crippen LogP contribution in [0.4, 0.5) is 0 Å². The summed E-state index contributed by atoms with van der Waals surface area (Å²) in [6, 6.07) is 10.5. The Morgan fingerprint density at radius 1 is 0.933 bits per heavy atom. The molecule has 0 aromatic heterocycles. The fourth-order valence-electron chi connectivity index (χ4n) is 2.75. The Bertz CT molecular complexity index is 341. The largest absolute Gasteiger partial charge is 0.311 e. The van der Waals surface area contributed by atoms with Crippen LogP contribution in [0.15, 0.2) is 24.3 Å². The smallest absolute Gasteiger partial charge is 0.0113 e. The van der Waals surface area contributed by atoms with Gasteiger partial charge in [0.1, 0.15) is 0 Å². The number of benzene rings is 1. The third-order valence-electron chi connectivity index (χ3n) is 3.92. The summed E-state index contributed by atoms with van der Waals surface area (Å²) in [5.41, 5.74) is 3.14. The summed E-state index contributed by atoms with van der Waals surface area (Å²) in [7, 11) is 0. The van der Waals surface area contributed by atoms with Gasteiger partial charge in [0.15, 0.2) is 0 Å². The van der Waals surface area contributed by atoms with E-state index < -0.39 is 0 Å². The van der Waals surface area contributed by atoms with Crippen molar-refractivity contribution in [3.05, 3.63) is 35.4 Å². The van der Waals surface area contributed by atoms with Gasteiger partial charge >= 0.3 is 0 Å². The second kappa shape index (κ2) is 3.97. The molecule has 2 aliphatic rings. The fraction of sp³-hybridized carbons (Fsp3) is 0.571. The molecule has 2 aliphatic carbocycles. The van der Waals surface area contributed by atoms with Gasteiger partial charge in [-0.3, -0.25) is 0 Å². The van der Waals surface area contributed by atoms with Crippen LogP contribution in [0.3, 0.4) is 0 Å². The first kappa shape index (κ1) is 9.41. The molecule has 0 spiro atoms. The van der Waals surface area contributed by atoms with Crippen LogP contribution in [-0.2, 0) is 12.8 Å². The molecular formula is C14H19N. The number of rotatable bonds is 2. The highest BCUT2D eigenvalue weighted by atomic mass is 15.0. The number of hydrogen-bond acceptors (Lipinski definition) is 1. The number of hydrogen-bond donors (Lipinski definition) is 1. The zero-order valence-electron chi connectivity index (χ0n) is 9.21. The second-order valence-electron chi connectivity index (χ2n) is 5.00. The molecule has 1 N–H and O–H groups in total. The van der Waals surface area contributed by atoms with Gasteiger partial charge in [0, 0.05) is 12.1 Å². The van der Waals surface area contributed by atoms with Gasteiger partial charge in [0.05, 0.1) is 0 Å². The molecule has 1 heteroatoms. The Morgan fingerprint density at radius 2 is 1.73 bits per heavy atom. The molecule has 3 rings (SSSR count). The van der Waals surface area contributed by atoms with Crippen LogP contribution < -0.4 is 5.32 Å². The third-order valence-corrected chi connectivity index (χ3v) is 3.92. The summed E-state index contributed by atoms with van der Waals surface area (Å²) >= 11 is 0. The van der Waals surface area contributed by atoms with Gasteiger partial charge in [-0.05, 0) is 43.2 Å². The van der Waals surface area contributed by atoms with Gasteiger partial charge in [-0.15, -0.1) is 0 Å². The summed E-state index contributed by atoms with van der Waals surface area (Å²) < 4.78 is 0. The summed E-state index contributed by atoms with van der Waals surface area (Å²) in [6.07, 6.45) is 8.07. The normalized spacial score (nSPS) is 25.7. The fourth-order valence-corrected chi connectivity index (χ4v) is 2.75. The lowest BCUT2D eigenvalue weighted by atomic mass is 9.86. The topological polar surface area (TPSA) is 12.0 Å². The van der Waals surface area contributed by atoms with Crippen LogP contribution in [0.1, 0.15) is 36.8 Å². The first-order valence-corrected chi connectivity index (χ1v) is 6.24. The molecule has 0 aliphatic heterocycles. The molecule has 1 nitrogen and oxygen atoms in total. The van der Waals surface area contributed by atoms with E-state index in [1.165, 1.54) is 38.5 Å². The van der Waals surface area contributed by atoms with Crippen molar-refractivity contribution in [2.75, 3.05) is 0 Å². The molecule has 0 amide bonds. The first-order chi connectivity index (χ1) is 7.42. The van der Waals surface area contributed by atoms with Crippen molar-refractivity contribution in [2.24, 2.45) is 0 Å². The molecule has 1 aromatic rings. The average Bonchev–Trinajstić information content (AvgIpc) is 2.23. The van der Waals surface area contributed by atoms with Crippen molar-refractivity contribution in [2.45, 2.75) is 50.6 Å². The van der Waals surface area contributed by atoms with Crippen LogP contribution in [0.2, 0.25) is 0 Å². The molecule has 80 valence electrons. The van der Waals surface area contributed by atoms with E-state index in [2.05, 4.69) is 29.6 Å². The SMILES string of the molecule is c1ccc2c(c1)CCC(NC1CCC1)C2. The second-order valence-corrected chi connectivity index (χ2v) is 5.00. The van der Waals surface area contributed by atoms with Gasteiger partial charge < -0.3 is 5.32 Å². The van der Waals surface area contributed by atoms with E-state index in [1.807, 2.05) is 0 Å². The Balaban J connectivity index is 1.66. The molecule has 1 aromatic carbocycles. The van der Waals surface area contributed by atoms with Gasteiger partial charge in [0.2, 0.25) is 0 Å². The van der Waals surface area contributed by atoms with Crippen molar-refractivity contribution in [1.82, 2.24) is 5.32 Å². The van der Waals surface area contributed by atoms with Crippen molar-refractivity contribution in [3.63, 3.8) is 0 Å². The van der Waals surface area contributed by atoms with Crippen LogP contribution in [0, 0.1) is 0 Å². The van der Waals surface area contributed by atoms with E-state index in [1.54, 1.807) is 11.1 Å². The van der Waals surface area contributed by atoms with E-state index >= 15 is 0 Å². The lowest BCUT2D eigenvalue weighted by molar-refractivity contribution is 0.290. The zero-order chi connectivity index (χ0) is 10.1. The molecule has 15 heavy (non-hydrogen) atoms. The summed E-state index contributed by atoms with van der Waals surface area (Å²) in [5.74, 6) is 0. The van der Waals surface area contributed by atoms with E-state index in [9.17, 15) is 0 Å². The number of aryl methyl sites for hydroxylation is 1. The minimum Gasteiger partial charge on any atom is -0.311 e. The van der Waals surface area contributed by atoms with Crippen molar-refractivity contribution in [3.8, 4) is 0 Å². The minimum atomic E-state index is 0.741. The minimum absolute atomic E-state index is 0.741. The van der Waals surface area contributed by atoms with Gasteiger partial charge in [-0.25, -0.2) is 0 Å². The molecule has 0 heterocycles. The predicted molar refractivity (Wildman–Crippen MR) is 63.0 cm³/mol. The lowest BCUT2D eigenvalue weighted by Gasteiger charge is -2.34. The Hall–Kier alpha value is -0.820. The van der Waals surface area contributed by atoms with Crippen molar-refractivity contribution < 1.29 is 0 Å². The standard InChI is InChI=1S/C14H19N/c1-2-5-12-10-14(9-8-11(12)4-1)15-13-6-3-7-13/h1-2,4-5,13-15H,3,6-10H2. The van der Waals surface area contributed by atoms with Crippen LogP contribution in [-0.4, -0.2) is 12.1 Å². The van der Waals surface area contributed by atoms with E-state index in [0.717, 1.165) is 12.1 Å². The molecular weight excluding hydrogens is 182 g/mol. The molecule has 1 unspecified atom stereocenters. The predicted octanol–water partition coefficient (Wildman–Crippen LogP) is 2.69. The van der Waals surface area contributed by atoms with Crippen LogP contribution in [0.5, 0.6) is 0 Å². The molecule has 0 saturated heterocycles. The van der Waals surface area contributed by atoms with Crippen molar-refractivity contribution >= 4 is 0 Å². The van der Waals surface area contributed by atoms with Crippen molar-refractivity contribution in [1.29, 1.82) is 0 Å². The Morgan fingerprint density at radius 3 is 2.47 bits per heavy atom. The third kappa shape index (κ3) is 1.93. The monoisotopic (exact) mass is 201 g/mol. The summed E-state index contributed by atoms with van der Waals surface area (Å²) in [6.45, 7) is 0. The van der Waals surface area contributed by atoms with E-state index in [0.29, 0.717) is 0 Å². The summed E-state index contributed by atoms with van der Waals surface area (Å²) in [5, 5.41) is 3.80. The maximum atomic E-state index is 3.80. The maximum Gasteiger partial charge on any atom is 0.0113 e. The van der Waals surface area contributed by atoms with Gasteiger partial charge in [-0.2, -0.15) is 0 Å². The highest BCUT2D eigenvalue weighted by molar-refractivity contribution is 5.30. The molecule has 1 fully saturated rings. The maximum absolute atomic E-state index is 3.80.